The molecule has 1 amide bonds. The van der Waals surface area contributed by atoms with E-state index in [0.717, 1.165) is 35.6 Å². The molecule has 128 valence electrons. The molecule has 1 unspecified atom stereocenters. The third kappa shape index (κ3) is 5.83. The molecule has 2 rings (SSSR count). The summed E-state index contributed by atoms with van der Waals surface area (Å²) in [5.74, 6) is 2.03. The Hall–Kier alpha value is -1.04. The van der Waals surface area contributed by atoms with Crippen molar-refractivity contribution in [2.45, 2.75) is 51.7 Å². The van der Waals surface area contributed by atoms with Crippen LogP contribution < -0.4 is 10.6 Å². The Balaban J connectivity index is 1.78. The van der Waals surface area contributed by atoms with Gasteiger partial charge in [-0.15, -0.1) is 0 Å². The molecule has 0 bridgehead atoms. The first-order valence-electron chi connectivity index (χ1n) is 8.29. The van der Waals surface area contributed by atoms with Crippen molar-refractivity contribution < 1.29 is 9.90 Å². The first-order chi connectivity index (χ1) is 10.9. The quantitative estimate of drug-likeness (QED) is 0.747. The Morgan fingerprint density at radius 2 is 2.04 bits per heavy atom. The zero-order valence-electron chi connectivity index (χ0n) is 14.3. The van der Waals surface area contributed by atoms with Crippen molar-refractivity contribution in [1.29, 1.82) is 0 Å². The molecule has 23 heavy (non-hydrogen) atoms. The van der Waals surface area contributed by atoms with Gasteiger partial charge in [-0.25, -0.2) is 0 Å². The number of benzene rings is 1. The Morgan fingerprint density at radius 1 is 1.35 bits per heavy atom. The number of aliphatic hydroxyl groups is 1. The monoisotopic (exact) mass is 336 g/mol. The van der Waals surface area contributed by atoms with Gasteiger partial charge < -0.3 is 15.7 Å². The molecule has 0 aromatic heterocycles. The fourth-order valence-electron chi connectivity index (χ4n) is 2.80. The Morgan fingerprint density at radius 3 is 2.70 bits per heavy atom. The number of anilines is 1. The predicted octanol–water partition coefficient (Wildman–Crippen LogP) is 2.87. The van der Waals surface area contributed by atoms with Gasteiger partial charge in [0.05, 0.1) is 5.60 Å². The molecule has 1 atom stereocenters. The zero-order chi connectivity index (χ0) is 16.9. The van der Waals surface area contributed by atoms with Crippen LogP contribution in [-0.4, -0.2) is 40.7 Å². The molecule has 3 N–H and O–H groups in total. The topological polar surface area (TPSA) is 61.4 Å². The van der Waals surface area contributed by atoms with Crippen LogP contribution in [0.2, 0.25) is 0 Å². The molecule has 1 saturated heterocycles. The van der Waals surface area contributed by atoms with Gasteiger partial charge in [-0.05, 0) is 56.7 Å². The minimum Gasteiger partial charge on any atom is -0.389 e. The summed E-state index contributed by atoms with van der Waals surface area (Å²) in [5, 5.41) is 16.8. The van der Waals surface area contributed by atoms with Gasteiger partial charge in [-0.1, -0.05) is 17.7 Å². The van der Waals surface area contributed by atoms with Crippen LogP contribution in [0.5, 0.6) is 0 Å². The average molecular weight is 337 g/mol. The van der Waals surface area contributed by atoms with E-state index < -0.39 is 5.60 Å². The smallest absolute Gasteiger partial charge is 0.225 e. The fraction of sp³-hybridized carbons (Fsp3) is 0.611. The van der Waals surface area contributed by atoms with Gasteiger partial charge in [0.25, 0.3) is 0 Å². The summed E-state index contributed by atoms with van der Waals surface area (Å²) >= 11 is 1.89. The molecule has 1 aromatic rings. The number of thioether (sulfide) groups is 1. The van der Waals surface area contributed by atoms with Gasteiger partial charge in [-0.3, -0.25) is 4.79 Å². The fourth-order valence-corrected chi connectivity index (χ4v) is 4.05. The molecule has 1 aromatic carbocycles. The van der Waals surface area contributed by atoms with Gasteiger partial charge in [0.15, 0.2) is 0 Å². The lowest BCUT2D eigenvalue weighted by Gasteiger charge is -2.33. The highest BCUT2D eigenvalue weighted by Crippen LogP contribution is 2.26. The Labute approximate surface area is 143 Å². The first-order valence-corrected chi connectivity index (χ1v) is 9.44. The van der Waals surface area contributed by atoms with Gasteiger partial charge in [0.2, 0.25) is 5.91 Å². The second-order valence-electron chi connectivity index (χ2n) is 6.69. The molecular formula is C18H28N2O2S. The summed E-state index contributed by atoms with van der Waals surface area (Å²) in [6.45, 7) is 6.59. The van der Waals surface area contributed by atoms with E-state index in [2.05, 4.69) is 16.7 Å². The molecule has 5 heteroatoms. The maximum absolute atomic E-state index is 12.2. The summed E-state index contributed by atoms with van der Waals surface area (Å²) in [7, 11) is 0. The number of hydrogen-bond donors (Lipinski definition) is 3. The van der Waals surface area contributed by atoms with Gasteiger partial charge in [-0.2, -0.15) is 11.8 Å². The zero-order valence-corrected chi connectivity index (χ0v) is 15.1. The van der Waals surface area contributed by atoms with Crippen LogP contribution in [0.3, 0.4) is 0 Å². The lowest BCUT2D eigenvalue weighted by Crippen LogP contribution is -2.46. The number of carbonyl (C=O) groups excluding carboxylic acids is 1. The third-order valence-corrected chi connectivity index (χ3v) is 5.34. The molecular weight excluding hydrogens is 308 g/mol. The van der Waals surface area contributed by atoms with Crippen LogP contribution in [-0.2, 0) is 4.79 Å². The van der Waals surface area contributed by atoms with E-state index in [0.29, 0.717) is 13.0 Å². The van der Waals surface area contributed by atoms with Crippen molar-refractivity contribution in [2.24, 2.45) is 0 Å². The van der Waals surface area contributed by atoms with E-state index in [1.165, 1.54) is 5.56 Å². The van der Waals surface area contributed by atoms with Crippen LogP contribution in [0, 0.1) is 13.8 Å². The van der Waals surface area contributed by atoms with Crippen molar-refractivity contribution >= 4 is 23.4 Å². The molecule has 1 aliphatic heterocycles. The summed E-state index contributed by atoms with van der Waals surface area (Å²) in [6.07, 6.45) is 2.05. The van der Waals surface area contributed by atoms with E-state index in [1.54, 1.807) is 0 Å². The Bertz CT molecular complexity index is 542. The predicted molar refractivity (Wildman–Crippen MR) is 98.1 cm³/mol. The summed E-state index contributed by atoms with van der Waals surface area (Å²) < 4.78 is 0. The number of aryl methyl sites for hydroxylation is 2. The SMILES string of the molecule is Cc1ccc(NC(=O)CC(C)NCC2(O)CCSCC2)c(C)c1. The highest BCUT2D eigenvalue weighted by atomic mass is 32.2. The largest absolute Gasteiger partial charge is 0.389 e. The maximum atomic E-state index is 12.2. The minimum absolute atomic E-state index is 0.00291. The number of nitrogens with one attached hydrogen (secondary N) is 2. The average Bonchev–Trinajstić information content (AvgIpc) is 2.49. The van der Waals surface area contributed by atoms with Crippen LogP contribution in [0.25, 0.3) is 0 Å². The minimum atomic E-state index is -0.608. The summed E-state index contributed by atoms with van der Waals surface area (Å²) in [5.41, 5.74) is 2.53. The maximum Gasteiger partial charge on any atom is 0.225 e. The number of amides is 1. The molecule has 0 radical (unpaired) electrons. The second kappa shape index (κ2) is 8.18. The van der Waals surface area contributed by atoms with Gasteiger partial charge >= 0.3 is 0 Å². The van der Waals surface area contributed by atoms with E-state index in [1.807, 2.05) is 44.7 Å². The van der Waals surface area contributed by atoms with E-state index >= 15 is 0 Å². The van der Waals surface area contributed by atoms with E-state index in [-0.39, 0.29) is 11.9 Å². The molecule has 1 heterocycles. The number of hydrogen-bond acceptors (Lipinski definition) is 4. The third-order valence-electron chi connectivity index (χ3n) is 4.35. The van der Waals surface area contributed by atoms with Crippen LogP contribution >= 0.6 is 11.8 Å². The highest BCUT2D eigenvalue weighted by molar-refractivity contribution is 7.99. The lowest BCUT2D eigenvalue weighted by atomic mass is 9.96. The Kier molecular flexibility index (Phi) is 6.50. The van der Waals surface area contributed by atoms with Crippen LogP contribution in [0.1, 0.15) is 37.3 Å². The summed E-state index contributed by atoms with van der Waals surface area (Å²) in [6, 6.07) is 6.05. The number of carbonyl (C=O) groups is 1. The van der Waals surface area contributed by atoms with Crippen molar-refractivity contribution in [2.75, 3.05) is 23.4 Å². The molecule has 4 nitrogen and oxygen atoms in total. The molecule has 0 aliphatic carbocycles. The molecule has 1 aliphatic rings. The molecule has 1 fully saturated rings. The van der Waals surface area contributed by atoms with Crippen LogP contribution in [0.15, 0.2) is 18.2 Å². The van der Waals surface area contributed by atoms with E-state index in [4.69, 9.17) is 0 Å². The van der Waals surface area contributed by atoms with Gasteiger partial charge in [0.1, 0.15) is 0 Å². The van der Waals surface area contributed by atoms with Crippen molar-refractivity contribution in [3.05, 3.63) is 29.3 Å². The van der Waals surface area contributed by atoms with Gasteiger partial charge in [0, 0.05) is 24.7 Å². The lowest BCUT2D eigenvalue weighted by molar-refractivity contribution is -0.116. The number of rotatable bonds is 6. The van der Waals surface area contributed by atoms with Crippen LogP contribution in [0.4, 0.5) is 5.69 Å². The van der Waals surface area contributed by atoms with Crippen molar-refractivity contribution in [3.8, 4) is 0 Å². The highest BCUT2D eigenvalue weighted by Gasteiger charge is 2.29. The standard InChI is InChI=1S/C18H28N2O2S/c1-13-4-5-16(14(2)10-13)20-17(21)11-15(3)19-12-18(22)6-8-23-9-7-18/h4-5,10,15,19,22H,6-9,11-12H2,1-3H3,(H,20,21). The van der Waals surface area contributed by atoms with E-state index in [9.17, 15) is 9.90 Å². The summed E-state index contributed by atoms with van der Waals surface area (Å²) in [4.78, 5) is 12.2. The second-order valence-corrected chi connectivity index (χ2v) is 7.91. The molecule has 0 saturated carbocycles. The van der Waals surface area contributed by atoms with Crippen molar-refractivity contribution in [3.63, 3.8) is 0 Å². The normalized spacial score (nSPS) is 18.4. The first kappa shape index (κ1) is 18.3. The van der Waals surface area contributed by atoms with Crippen molar-refractivity contribution in [1.82, 2.24) is 5.32 Å². The molecule has 0 spiro atoms.